The first-order chi connectivity index (χ1) is 15.7. The van der Waals surface area contributed by atoms with Crippen LogP contribution in [-0.2, 0) is 11.8 Å². The van der Waals surface area contributed by atoms with Crippen LogP contribution in [0.15, 0.2) is 47.5 Å². The maximum atomic E-state index is 12.2. The predicted molar refractivity (Wildman–Crippen MR) is 116 cm³/mol. The number of benzene rings is 1. The number of pyridine rings is 2. The van der Waals surface area contributed by atoms with Gasteiger partial charge in [-0.2, -0.15) is 0 Å². The number of aryl methyl sites for hydroxylation is 1. The van der Waals surface area contributed by atoms with Gasteiger partial charge in [-0.25, -0.2) is 0 Å². The lowest BCUT2D eigenvalue weighted by Crippen LogP contribution is -2.49. The molecule has 5 rings (SSSR count). The molecule has 0 spiro atoms. The van der Waals surface area contributed by atoms with Crippen LogP contribution in [0.2, 0.25) is 0 Å². The van der Waals surface area contributed by atoms with Gasteiger partial charge < -0.3 is 14.2 Å². The third-order valence-corrected chi connectivity index (χ3v) is 6.29. The Balaban J connectivity index is 1.39. The fourth-order valence-corrected chi connectivity index (χ4v) is 4.45. The summed E-state index contributed by atoms with van der Waals surface area (Å²) in [6.45, 7) is 0.271. The van der Waals surface area contributed by atoms with E-state index >= 15 is 0 Å². The molecular weight excluding hydrogens is 378 g/mol. The van der Waals surface area contributed by atoms with Gasteiger partial charge in [-0.3, -0.25) is 14.6 Å². The molecule has 1 saturated heterocycles. The van der Waals surface area contributed by atoms with Gasteiger partial charge in [0.15, 0.2) is 0 Å². The van der Waals surface area contributed by atoms with Gasteiger partial charge in [0.25, 0.3) is 5.56 Å². The molecular formula is C24H25N3O3. The van der Waals surface area contributed by atoms with Crippen LogP contribution in [0.1, 0.15) is 35.4 Å². The summed E-state index contributed by atoms with van der Waals surface area (Å²) in [5.41, 5.74) is 2.49. The number of likely N-dealkylation sites (tertiary alicyclic amines) is 1. The van der Waals surface area contributed by atoms with Gasteiger partial charge in [0.05, 0.1) is 11.7 Å². The highest BCUT2D eigenvalue weighted by atomic mass is 16.5. The summed E-state index contributed by atoms with van der Waals surface area (Å²) < 4.78 is 30.1. The highest BCUT2D eigenvalue weighted by Gasteiger charge is 2.39. The van der Waals surface area contributed by atoms with E-state index in [2.05, 4.69) is 4.98 Å². The molecule has 2 aliphatic rings. The van der Waals surface area contributed by atoms with Crippen molar-refractivity contribution in [3.8, 4) is 16.9 Å². The van der Waals surface area contributed by atoms with Crippen LogP contribution in [0.5, 0.6) is 5.75 Å². The Labute approximate surface area is 179 Å². The van der Waals surface area contributed by atoms with Crippen LogP contribution in [0, 0.1) is 6.92 Å². The topological polar surface area (TPSA) is 64.4 Å². The normalized spacial score (nSPS) is 23.0. The number of carbonyl (C=O) groups excluding carboxylic acids is 1. The second-order valence-corrected chi connectivity index (χ2v) is 8.15. The van der Waals surface area contributed by atoms with E-state index in [0.717, 1.165) is 47.1 Å². The van der Waals surface area contributed by atoms with E-state index in [4.69, 9.17) is 8.85 Å². The summed E-state index contributed by atoms with van der Waals surface area (Å²) in [7, 11) is 0. The van der Waals surface area contributed by atoms with E-state index < -0.39 is 12.5 Å². The van der Waals surface area contributed by atoms with E-state index in [9.17, 15) is 9.59 Å². The molecule has 2 aromatic heterocycles. The van der Waals surface area contributed by atoms with Crippen molar-refractivity contribution in [2.75, 3.05) is 6.54 Å². The minimum absolute atomic E-state index is 0.0597. The lowest BCUT2D eigenvalue weighted by atomic mass is 9.88. The van der Waals surface area contributed by atoms with Gasteiger partial charge in [0, 0.05) is 66.3 Å². The highest BCUT2D eigenvalue weighted by Crippen LogP contribution is 2.36. The monoisotopic (exact) mass is 406 g/mol. The number of ether oxygens (including phenoxy) is 1. The van der Waals surface area contributed by atoms with Crippen LogP contribution >= 0.6 is 0 Å². The molecule has 154 valence electrons. The Hall–Kier alpha value is -3.15. The maximum Gasteiger partial charge on any atom is 0.250 e. The fraction of sp³-hybridized carbons (Fsp3) is 0.375. The molecule has 0 N–H and O–H groups in total. The zero-order chi connectivity index (χ0) is 23.3. The number of hydrogen-bond donors (Lipinski definition) is 0. The number of amides is 1. The van der Waals surface area contributed by atoms with Crippen LogP contribution < -0.4 is 10.3 Å². The summed E-state index contributed by atoms with van der Waals surface area (Å²) in [6, 6.07) is 8.52. The van der Waals surface area contributed by atoms with Gasteiger partial charge in [-0.1, -0.05) is 6.07 Å². The number of nitrogens with zero attached hydrogens (tertiary/aromatic N) is 3. The zero-order valence-corrected chi connectivity index (χ0v) is 16.8. The SMILES string of the molecule is [2H]C([2H])([2H])n1c(=O)ccc2cc(-c3cncc(OC4CC(N5CCCC5=O)C4)c3C)ccc21. The van der Waals surface area contributed by atoms with E-state index in [0.29, 0.717) is 23.1 Å². The number of carbonyl (C=O) groups is 1. The largest absolute Gasteiger partial charge is 0.488 e. The van der Waals surface area contributed by atoms with Gasteiger partial charge >= 0.3 is 0 Å². The standard InChI is InChI=1S/C24H25N3O3/c1-15-20(16-5-7-21-17(10-16)6-8-23(28)26(21)2)13-25-14-22(15)30-19-11-18(12-19)27-9-3-4-24(27)29/h5-8,10,13-14,18-19H,3-4,9,11-12H2,1-2H3/i2D3. The van der Waals surface area contributed by atoms with Crippen molar-refractivity contribution < 1.29 is 13.6 Å². The van der Waals surface area contributed by atoms with Crippen molar-refractivity contribution in [2.45, 2.75) is 44.8 Å². The molecule has 0 unspecified atom stereocenters. The number of hydrogen-bond acceptors (Lipinski definition) is 4. The molecule has 1 amide bonds. The molecule has 3 aromatic rings. The summed E-state index contributed by atoms with van der Waals surface area (Å²) >= 11 is 0. The minimum atomic E-state index is -2.55. The third kappa shape index (κ3) is 3.16. The van der Waals surface area contributed by atoms with Crippen LogP contribution in [0.3, 0.4) is 0 Å². The number of rotatable bonds is 4. The number of aromatic nitrogens is 2. The lowest BCUT2D eigenvalue weighted by Gasteiger charge is -2.41. The average Bonchev–Trinajstić information content (AvgIpc) is 3.15. The first kappa shape index (κ1) is 15.7. The molecule has 0 radical (unpaired) electrons. The fourth-order valence-electron chi connectivity index (χ4n) is 4.45. The summed E-state index contributed by atoms with van der Waals surface area (Å²) in [4.78, 5) is 30.4. The average molecular weight is 407 g/mol. The Morgan fingerprint density at radius 2 is 2.03 bits per heavy atom. The Morgan fingerprint density at radius 1 is 1.17 bits per heavy atom. The highest BCUT2D eigenvalue weighted by molar-refractivity contribution is 5.85. The molecule has 6 nitrogen and oxygen atoms in total. The summed E-state index contributed by atoms with van der Waals surface area (Å²) in [5, 5.41) is 0.658. The van der Waals surface area contributed by atoms with Crippen molar-refractivity contribution >= 4 is 16.8 Å². The quantitative estimate of drug-likeness (QED) is 0.666. The predicted octanol–water partition coefficient (Wildman–Crippen LogP) is 3.44. The number of fused-ring (bicyclic) bond motifs is 1. The van der Waals surface area contributed by atoms with E-state index in [1.807, 2.05) is 17.9 Å². The van der Waals surface area contributed by atoms with Crippen LogP contribution in [0.25, 0.3) is 22.0 Å². The molecule has 1 aliphatic heterocycles. The van der Waals surface area contributed by atoms with Crippen molar-refractivity contribution in [1.82, 2.24) is 14.5 Å². The van der Waals surface area contributed by atoms with Crippen molar-refractivity contribution in [2.24, 2.45) is 6.98 Å². The molecule has 2 fully saturated rings. The molecule has 0 bridgehead atoms. The second-order valence-electron chi connectivity index (χ2n) is 8.15. The molecule has 3 heterocycles. The zero-order valence-electron chi connectivity index (χ0n) is 19.8. The second kappa shape index (κ2) is 7.27. The molecule has 1 saturated carbocycles. The van der Waals surface area contributed by atoms with E-state index in [1.54, 1.807) is 30.6 Å². The Bertz CT molecular complexity index is 1300. The van der Waals surface area contributed by atoms with Gasteiger partial charge in [-0.15, -0.1) is 0 Å². The van der Waals surface area contributed by atoms with Crippen molar-refractivity contribution in [3.63, 3.8) is 0 Å². The van der Waals surface area contributed by atoms with Crippen molar-refractivity contribution in [1.29, 1.82) is 0 Å². The van der Waals surface area contributed by atoms with Crippen molar-refractivity contribution in [3.05, 3.63) is 58.6 Å². The van der Waals surface area contributed by atoms with Gasteiger partial charge in [0.2, 0.25) is 5.91 Å². The Morgan fingerprint density at radius 3 is 2.80 bits per heavy atom. The Kier molecular flexibility index (Phi) is 3.80. The van der Waals surface area contributed by atoms with Gasteiger partial charge in [0.1, 0.15) is 11.9 Å². The smallest absolute Gasteiger partial charge is 0.250 e. The summed E-state index contributed by atoms with van der Waals surface area (Å²) in [6.07, 6.45) is 6.79. The van der Waals surface area contributed by atoms with Crippen LogP contribution in [0.4, 0.5) is 0 Å². The van der Waals surface area contributed by atoms with E-state index in [1.165, 1.54) is 6.07 Å². The first-order valence-corrected chi connectivity index (χ1v) is 10.3. The molecule has 0 atom stereocenters. The minimum Gasteiger partial charge on any atom is -0.488 e. The van der Waals surface area contributed by atoms with E-state index in [-0.39, 0.29) is 18.1 Å². The first-order valence-electron chi connectivity index (χ1n) is 11.8. The molecule has 1 aromatic carbocycles. The van der Waals surface area contributed by atoms with Gasteiger partial charge in [-0.05, 0) is 42.5 Å². The molecule has 30 heavy (non-hydrogen) atoms. The summed E-state index contributed by atoms with van der Waals surface area (Å²) in [5.74, 6) is 0.953. The van der Waals surface area contributed by atoms with Crippen LogP contribution in [-0.4, -0.2) is 39.0 Å². The lowest BCUT2D eigenvalue weighted by molar-refractivity contribution is -0.133. The maximum absolute atomic E-state index is 12.2. The molecule has 6 heteroatoms. The molecule has 1 aliphatic carbocycles. The third-order valence-electron chi connectivity index (χ3n) is 6.29.